The smallest absolute Gasteiger partial charge is 0.161 e. The van der Waals surface area contributed by atoms with Crippen LogP contribution in [0.15, 0.2) is 35.2 Å². The van der Waals surface area contributed by atoms with Crippen LogP contribution in [-0.2, 0) is 11.3 Å². The summed E-state index contributed by atoms with van der Waals surface area (Å²) in [6, 6.07) is 10.2. The first-order valence-corrected chi connectivity index (χ1v) is 8.24. The van der Waals surface area contributed by atoms with Gasteiger partial charge in [0.25, 0.3) is 0 Å². The largest absolute Gasteiger partial charge is 0.378 e. The van der Waals surface area contributed by atoms with Gasteiger partial charge in [0.15, 0.2) is 5.82 Å². The Morgan fingerprint density at radius 1 is 1.19 bits per heavy atom. The number of hydrogen-bond donors (Lipinski definition) is 1. The number of rotatable bonds is 7. The zero-order valence-electron chi connectivity index (χ0n) is 12.7. The molecule has 2 aromatic rings. The first-order chi connectivity index (χ1) is 10.3. The molecule has 0 bridgehead atoms. The summed E-state index contributed by atoms with van der Waals surface area (Å²) in [4.78, 5) is 10.4. The predicted molar refractivity (Wildman–Crippen MR) is 88.7 cm³/mol. The van der Waals surface area contributed by atoms with Crippen molar-refractivity contribution in [2.75, 3.05) is 25.2 Å². The maximum Gasteiger partial charge on any atom is 0.161 e. The lowest BCUT2D eigenvalue weighted by molar-refractivity contribution is 0.181. The monoisotopic (exact) mass is 303 g/mol. The van der Waals surface area contributed by atoms with E-state index in [9.17, 15) is 0 Å². The Bertz CT molecular complexity index is 572. The van der Waals surface area contributed by atoms with E-state index in [0.29, 0.717) is 6.61 Å². The Hall–Kier alpha value is -1.59. The number of ether oxygens (including phenoxy) is 1. The van der Waals surface area contributed by atoms with Crippen molar-refractivity contribution >= 4 is 17.6 Å². The molecule has 0 fully saturated rings. The normalized spacial score (nSPS) is 10.6. The van der Waals surface area contributed by atoms with Crippen LogP contribution in [0, 0.1) is 0 Å². The van der Waals surface area contributed by atoms with E-state index in [1.807, 2.05) is 6.07 Å². The molecule has 0 saturated heterocycles. The third kappa shape index (κ3) is 4.44. The fraction of sp³-hybridized carbons (Fsp3) is 0.375. The van der Waals surface area contributed by atoms with Crippen molar-refractivity contribution < 1.29 is 4.74 Å². The van der Waals surface area contributed by atoms with Crippen LogP contribution in [0.4, 0.5) is 5.82 Å². The molecule has 21 heavy (non-hydrogen) atoms. The van der Waals surface area contributed by atoms with Crippen molar-refractivity contribution in [3.63, 3.8) is 0 Å². The van der Waals surface area contributed by atoms with Crippen LogP contribution in [-0.4, -0.2) is 29.9 Å². The van der Waals surface area contributed by atoms with E-state index in [2.05, 4.69) is 52.7 Å². The summed E-state index contributed by atoms with van der Waals surface area (Å²) in [6.07, 6.45) is 3.12. The van der Waals surface area contributed by atoms with E-state index in [1.54, 1.807) is 18.9 Å². The molecule has 0 aliphatic carbocycles. The van der Waals surface area contributed by atoms with Crippen LogP contribution >= 0.6 is 11.8 Å². The molecule has 112 valence electrons. The highest BCUT2D eigenvalue weighted by atomic mass is 32.2. The summed E-state index contributed by atoms with van der Waals surface area (Å²) in [5.41, 5.74) is 1.90. The van der Waals surface area contributed by atoms with Gasteiger partial charge in [-0.05, 0) is 24.8 Å². The summed E-state index contributed by atoms with van der Waals surface area (Å²) >= 11 is 1.73. The second kappa shape index (κ2) is 8.00. The van der Waals surface area contributed by atoms with Crippen LogP contribution in [0.3, 0.4) is 0 Å². The fourth-order valence-electron chi connectivity index (χ4n) is 1.93. The van der Waals surface area contributed by atoms with Gasteiger partial charge < -0.3 is 10.1 Å². The van der Waals surface area contributed by atoms with Gasteiger partial charge in [-0.3, -0.25) is 0 Å². The van der Waals surface area contributed by atoms with E-state index < -0.39 is 0 Å². The van der Waals surface area contributed by atoms with Gasteiger partial charge in [-0.2, -0.15) is 0 Å². The van der Waals surface area contributed by atoms with Crippen molar-refractivity contribution in [1.82, 2.24) is 9.97 Å². The lowest BCUT2D eigenvalue weighted by atomic mass is 10.2. The molecule has 0 aliphatic heterocycles. The van der Waals surface area contributed by atoms with Gasteiger partial charge in [0, 0.05) is 30.2 Å². The van der Waals surface area contributed by atoms with Gasteiger partial charge in [0.2, 0.25) is 0 Å². The number of benzene rings is 1. The summed E-state index contributed by atoms with van der Waals surface area (Å²) in [5.74, 6) is 1.58. The first-order valence-electron chi connectivity index (χ1n) is 7.02. The third-order valence-corrected chi connectivity index (χ3v) is 3.72. The summed E-state index contributed by atoms with van der Waals surface area (Å²) in [5, 5.41) is 3.32. The van der Waals surface area contributed by atoms with Crippen LogP contribution in [0.25, 0.3) is 11.4 Å². The SMILES string of the molecule is CCCNc1cc(COC)nc(-c2ccc(SC)cc2)n1. The average Bonchev–Trinajstić information content (AvgIpc) is 2.53. The van der Waals surface area contributed by atoms with Gasteiger partial charge in [-0.25, -0.2) is 9.97 Å². The molecule has 0 amide bonds. The molecule has 1 heterocycles. The minimum atomic E-state index is 0.485. The van der Waals surface area contributed by atoms with Crippen LogP contribution < -0.4 is 5.32 Å². The van der Waals surface area contributed by atoms with E-state index in [4.69, 9.17) is 4.74 Å². The number of aromatic nitrogens is 2. The maximum absolute atomic E-state index is 5.19. The maximum atomic E-state index is 5.19. The van der Waals surface area contributed by atoms with Gasteiger partial charge >= 0.3 is 0 Å². The standard InChI is InChI=1S/C16H21N3OS/c1-4-9-17-15-10-13(11-20-2)18-16(19-15)12-5-7-14(21-3)8-6-12/h5-8,10H,4,9,11H2,1-3H3,(H,17,18,19). The summed E-state index contributed by atoms with van der Waals surface area (Å²) in [6.45, 7) is 3.51. The number of nitrogens with zero attached hydrogens (tertiary/aromatic N) is 2. The second-order valence-electron chi connectivity index (χ2n) is 4.66. The third-order valence-electron chi connectivity index (χ3n) is 2.98. The van der Waals surface area contributed by atoms with E-state index in [0.717, 1.165) is 35.9 Å². The lowest BCUT2D eigenvalue weighted by Crippen LogP contribution is -2.06. The molecule has 0 aliphatic rings. The van der Waals surface area contributed by atoms with Crippen LogP contribution in [0.5, 0.6) is 0 Å². The Labute approximate surface area is 130 Å². The average molecular weight is 303 g/mol. The highest BCUT2D eigenvalue weighted by Gasteiger charge is 2.07. The van der Waals surface area contributed by atoms with Gasteiger partial charge in [-0.1, -0.05) is 19.1 Å². The van der Waals surface area contributed by atoms with E-state index in [1.165, 1.54) is 4.90 Å². The molecule has 0 radical (unpaired) electrons. The van der Waals surface area contributed by atoms with Crippen molar-refractivity contribution in [3.05, 3.63) is 36.0 Å². The highest BCUT2D eigenvalue weighted by molar-refractivity contribution is 7.98. The van der Waals surface area contributed by atoms with Crippen molar-refractivity contribution in [2.24, 2.45) is 0 Å². The molecular weight excluding hydrogens is 282 g/mol. The zero-order valence-corrected chi connectivity index (χ0v) is 13.5. The number of nitrogens with one attached hydrogen (secondary N) is 1. The first kappa shape index (κ1) is 15.8. The second-order valence-corrected chi connectivity index (χ2v) is 5.54. The summed E-state index contributed by atoms with van der Waals surface area (Å²) < 4.78 is 5.19. The topological polar surface area (TPSA) is 47.0 Å². The van der Waals surface area contributed by atoms with Crippen molar-refractivity contribution in [2.45, 2.75) is 24.8 Å². The van der Waals surface area contributed by atoms with Gasteiger partial charge in [0.05, 0.1) is 12.3 Å². The van der Waals surface area contributed by atoms with Gasteiger partial charge in [-0.15, -0.1) is 11.8 Å². The van der Waals surface area contributed by atoms with Crippen molar-refractivity contribution in [3.8, 4) is 11.4 Å². The number of anilines is 1. The molecule has 1 aromatic carbocycles. The van der Waals surface area contributed by atoms with Crippen LogP contribution in [0.2, 0.25) is 0 Å². The minimum Gasteiger partial charge on any atom is -0.378 e. The van der Waals surface area contributed by atoms with Crippen LogP contribution in [0.1, 0.15) is 19.0 Å². The lowest BCUT2D eigenvalue weighted by Gasteiger charge is -2.09. The Kier molecular flexibility index (Phi) is 6.02. The predicted octanol–water partition coefficient (Wildman–Crippen LogP) is 3.83. The molecule has 1 aromatic heterocycles. The highest BCUT2D eigenvalue weighted by Crippen LogP contribution is 2.22. The molecular formula is C16H21N3OS. The summed E-state index contributed by atoms with van der Waals surface area (Å²) in [7, 11) is 1.67. The Morgan fingerprint density at radius 2 is 1.95 bits per heavy atom. The van der Waals surface area contributed by atoms with Gasteiger partial charge in [0.1, 0.15) is 5.82 Å². The Morgan fingerprint density at radius 3 is 2.57 bits per heavy atom. The zero-order chi connectivity index (χ0) is 15.1. The molecule has 4 nitrogen and oxygen atoms in total. The molecule has 2 rings (SSSR count). The van der Waals surface area contributed by atoms with E-state index in [-0.39, 0.29) is 0 Å². The molecule has 5 heteroatoms. The molecule has 0 spiro atoms. The Balaban J connectivity index is 2.32. The number of methoxy groups -OCH3 is 1. The van der Waals surface area contributed by atoms with Crippen molar-refractivity contribution in [1.29, 1.82) is 0 Å². The molecule has 1 N–H and O–H groups in total. The number of hydrogen-bond acceptors (Lipinski definition) is 5. The molecule has 0 unspecified atom stereocenters. The minimum absolute atomic E-state index is 0.485. The number of thioether (sulfide) groups is 1. The quantitative estimate of drug-likeness (QED) is 0.788. The van der Waals surface area contributed by atoms with E-state index >= 15 is 0 Å². The fourth-order valence-corrected chi connectivity index (χ4v) is 2.34. The molecule has 0 saturated carbocycles. The molecule has 0 atom stereocenters.